The number of pyridine rings is 1. The average Bonchev–Trinajstić information content (AvgIpc) is 2.23. The Kier molecular flexibility index (Phi) is 3.25. The lowest BCUT2D eigenvalue weighted by atomic mass is 10.0. The van der Waals surface area contributed by atoms with Gasteiger partial charge < -0.3 is 0 Å². The monoisotopic (exact) mass is 379 g/mol. The fourth-order valence-electron chi connectivity index (χ4n) is 1.66. The van der Waals surface area contributed by atoms with Crippen LogP contribution >= 0.6 is 38.5 Å². The molecule has 2 rings (SSSR count). The Bertz CT molecular complexity index is 527. The molecule has 15 heavy (non-hydrogen) atoms. The van der Waals surface area contributed by atoms with Gasteiger partial charge in [0.05, 0.1) is 0 Å². The SMILES string of the molecule is CCc1c(F)ccc2c(I)ncc(Br)c12. The molecule has 0 spiro atoms. The summed E-state index contributed by atoms with van der Waals surface area (Å²) in [6.07, 6.45) is 2.41. The topological polar surface area (TPSA) is 12.9 Å². The number of fused-ring (bicyclic) bond motifs is 1. The zero-order valence-corrected chi connectivity index (χ0v) is 11.8. The summed E-state index contributed by atoms with van der Waals surface area (Å²) in [6, 6.07) is 3.29. The molecule has 0 atom stereocenters. The fraction of sp³-hybridized carbons (Fsp3) is 0.182. The minimum Gasteiger partial charge on any atom is -0.248 e. The van der Waals surface area contributed by atoms with Crippen LogP contribution < -0.4 is 0 Å². The summed E-state index contributed by atoms with van der Waals surface area (Å²) in [4.78, 5) is 4.23. The van der Waals surface area contributed by atoms with Gasteiger partial charge in [-0.05, 0) is 62.6 Å². The van der Waals surface area contributed by atoms with Crippen molar-refractivity contribution in [2.24, 2.45) is 0 Å². The maximum absolute atomic E-state index is 13.6. The number of rotatable bonds is 1. The second-order valence-corrected chi connectivity index (χ2v) is 5.08. The first-order valence-corrected chi connectivity index (χ1v) is 6.43. The Morgan fingerprint density at radius 2 is 2.20 bits per heavy atom. The van der Waals surface area contributed by atoms with Crippen molar-refractivity contribution in [1.29, 1.82) is 0 Å². The zero-order valence-electron chi connectivity index (χ0n) is 8.02. The molecule has 0 amide bonds. The van der Waals surface area contributed by atoms with Crippen molar-refractivity contribution in [1.82, 2.24) is 4.98 Å². The van der Waals surface area contributed by atoms with E-state index in [1.165, 1.54) is 6.07 Å². The van der Waals surface area contributed by atoms with Crippen molar-refractivity contribution in [2.45, 2.75) is 13.3 Å². The molecule has 0 fully saturated rings. The van der Waals surface area contributed by atoms with Crippen LogP contribution in [0.15, 0.2) is 22.8 Å². The molecule has 0 radical (unpaired) electrons. The Labute approximate surface area is 109 Å². The van der Waals surface area contributed by atoms with Crippen LogP contribution in [0.3, 0.4) is 0 Å². The molecule has 2 aromatic rings. The van der Waals surface area contributed by atoms with Crippen molar-refractivity contribution in [3.63, 3.8) is 0 Å². The molecule has 0 unspecified atom stereocenters. The third-order valence-corrected chi connectivity index (χ3v) is 3.82. The minimum absolute atomic E-state index is 0.146. The molecule has 0 aliphatic carbocycles. The molecule has 1 aromatic carbocycles. The van der Waals surface area contributed by atoms with Gasteiger partial charge in [0.15, 0.2) is 0 Å². The van der Waals surface area contributed by atoms with Crippen molar-refractivity contribution < 1.29 is 4.39 Å². The smallest absolute Gasteiger partial charge is 0.127 e. The molecule has 0 aliphatic rings. The molecule has 0 saturated heterocycles. The Hall–Kier alpha value is -0.230. The standard InChI is InChI=1S/C11H8BrFIN/c1-2-6-9(13)4-3-7-10(6)8(12)5-15-11(7)14/h3-5H,2H2,1H3. The van der Waals surface area contributed by atoms with Crippen LogP contribution in [0.2, 0.25) is 0 Å². The molecule has 78 valence electrons. The van der Waals surface area contributed by atoms with Crippen LogP contribution in [0, 0.1) is 9.52 Å². The van der Waals surface area contributed by atoms with Crippen LogP contribution in [0.1, 0.15) is 12.5 Å². The van der Waals surface area contributed by atoms with Gasteiger partial charge in [0, 0.05) is 21.4 Å². The number of aryl methyl sites for hydroxylation is 1. The van der Waals surface area contributed by atoms with Crippen LogP contribution in [-0.4, -0.2) is 4.98 Å². The molecule has 0 N–H and O–H groups in total. The lowest BCUT2D eigenvalue weighted by Crippen LogP contribution is -1.94. The predicted molar refractivity (Wildman–Crippen MR) is 71.5 cm³/mol. The summed E-state index contributed by atoms with van der Waals surface area (Å²) in [5, 5.41) is 1.94. The van der Waals surface area contributed by atoms with E-state index in [4.69, 9.17) is 0 Å². The normalized spacial score (nSPS) is 10.9. The van der Waals surface area contributed by atoms with Gasteiger partial charge in [-0.25, -0.2) is 9.37 Å². The van der Waals surface area contributed by atoms with Gasteiger partial charge in [0.25, 0.3) is 0 Å². The third kappa shape index (κ3) is 1.89. The number of hydrogen-bond acceptors (Lipinski definition) is 1. The molecule has 1 nitrogen and oxygen atoms in total. The number of benzene rings is 1. The number of aromatic nitrogens is 1. The summed E-state index contributed by atoms with van der Waals surface area (Å²) in [6.45, 7) is 1.96. The van der Waals surface area contributed by atoms with Crippen molar-refractivity contribution in [3.05, 3.63) is 37.9 Å². The largest absolute Gasteiger partial charge is 0.248 e. The number of hydrogen-bond donors (Lipinski definition) is 0. The highest BCUT2D eigenvalue weighted by atomic mass is 127. The summed E-state index contributed by atoms with van der Waals surface area (Å²) < 4.78 is 15.3. The van der Waals surface area contributed by atoms with E-state index < -0.39 is 0 Å². The maximum atomic E-state index is 13.6. The van der Waals surface area contributed by atoms with Crippen molar-refractivity contribution in [3.8, 4) is 0 Å². The van der Waals surface area contributed by atoms with E-state index in [-0.39, 0.29) is 5.82 Å². The molecule has 1 aromatic heterocycles. The van der Waals surface area contributed by atoms with Gasteiger partial charge in [0.1, 0.15) is 9.52 Å². The average molecular weight is 380 g/mol. The summed E-state index contributed by atoms with van der Waals surface area (Å²) in [5.41, 5.74) is 0.750. The molecule has 0 saturated carbocycles. The van der Waals surface area contributed by atoms with Gasteiger partial charge in [0.2, 0.25) is 0 Å². The molecule has 0 bridgehead atoms. The number of halogens is 3. The highest BCUT2D eigenvalue weighted by Gasteiger charge is 2.11. The van der Waals surface area contributed by atoms with E-state index in [1.807, 2.05) is 6.92 Å². The lowest BCUT2D eigenvalue weighted by Gasteiger charge is -2.08. The zero-order chi connectivity index (χ0) is 11.0. The third-order valence-electron chi connectivity index (χ3n) is 2.36. The van der Waals surface area contributed by atoms with E-state index in [9.17, 15) is 4.39 Å². The molecule has 0 aliphatic heterocycles. The minimum atomic E-state index is -0.146. The lowest BCUT2D eigenvalue weighted by molar-refractivity contribution is 0.615. The maximum Gasteiger partial charge on any atom is 0.127 e. The molecular weight excluding hydrogens is 372 g/mol. The quantitative estimate of drug-likeness (QED) is 0.531. The fourth-order valence-corrected chi connectivity index (χ4v) is 2.80. The summed E-state index contributed by atoms with van der Waals surface area (Å²) in [7, 11) is 0. The van der Waals surface area contributed by atoms with Crippen LogP contribution in [0.4, 0.5) is 4.39 Å². The predicted octanol–water partition coefficient (Wildman–Crippen LogP) is 4.30. The first-order valence-electron chi connectivity index (χ1n) is 4.56. The molecule has 1 heterocycles. The van der Waals surface area contributed by atoms with Crippen molar-refractivity contribution in [2.75, 3.05) is 0 Å². The number of nitrogens with zero attached hydrogens (tertiary/aromatic N) is 1. The van der Waals surface area contributed by atoms with E-state index in [0.717, 1.165) is 24.5 Å². The van der Waals surface area contributed by atoms with Gasteiger partial charge >= 0.3 is 0 Å². The second kappa shape index (κ2) is 4.33. The van der Waals surface area contributed by atoms with E-state index in [0.29, 0.717) is 6.42 Å². The van der Waals surface area contributed by atoms with Gasteiger partial charge in [-0.1, -0.05) is 6.92 Å². The van der Waals surface area contributed by atoms with Gasteiger partial charge in [-0.3, -0.25) is 0 Å². The Balaban J connectivity index is 2.96. The summed E-state index contributed by atoms with van der Waals surface area (Å²) in [5.74, 6) is -0.146. The second-order valence-electron chi connectivity index (χ2n) is 3.20. The van der Waals surface area contributed by atoms with E-state index >= 15 is 0 Å². The van der Waals surface area contributed by atoms with E-state index in [1.54, 1.807) is 12.3 Å². The van der Waals surface area contributed by atoms with Gasteiger partial charge in [-0.15, -0.1) is 0 Å². The Morgan fingerprint density at radius 3 is 2.87 bits per heavy atom. The van der Waals surface area contributed by atoms with Gasteiger partial charge in [-0.2, -0.15) is 0 Å². The van der Waals surface area contributed by atoms with Crippen molar-refractivity contribution >= 4 is 49.3 Å². The van der Waals surface area contributed by atoms with Crippen LogP contribution in [0.25, 0.3) is 10.8 Å². The van der Waals surface area contributed by atoms with Crippen LogP contribution in [0.5, 0.6) is 0 Å². The van der Waals surface area contributed by atoms with E-state index in [2.05, 4.69) is 43.5 Å². The Morgan fingerprint density at radius 1 is 1.47 bits per heavy atom. The highest BCUT2D eigenvalue weighted by molar-refractivity contribution is 14.1. The first-order chi connectivity index (χ1) is 7.15. The summed E-state index contributed by atoms with van der Waals surface area (Å²) >= 11 is 5.59. The molecular formula is C11H8BrFIN. The highest BCUT2D eigenvalue weighted by Crippen LogP contribution is 2.31. The van der Waals surface area contributed by atoms with Crippen LogP contribution in [-0.2, 0) is 6.42 Å². The molecule has 4 heteroatoms. The first kappa shape index (κ1) is 11.3.